The van der Waals surface area contributed by atoms with Crippen molar-refractivity contribution in [3.8, 4) is 0 Å². The van der Waals surface area contributed by atoms with Gasteiger partial charge in [0.05, 0.1) is 11.8 Å². The number of anilines is 4. The molecular formula is C24H32N8O2. The number of fused-ring (bicyclic) bond motifs is 1. The Kier molecular flexibility index (Phi) is 6.57. The van der Waals surface area contributed by atoms with E-state index in [1.165, 1.54) is 12.8 Å². The largest absolute Gasteiger partial charge is 0.351 e. The predicted molar refractivity (Wildman–Crippen MR) is 131 cm³/mol. The van der Waals surface area contributed by atoms with E-state index in [0.29, 0.717) is 36.3 Å². The molecule has 2 aliphatic heterocycles. The lowest BCUT2D eigenvalue weighted by atomic mass is 10.1. The van der Waals surface area contributed by atoms with Crippen molar-refractivity contribution >= 4 is 35.1 Å². The number of carbonyl (C=O) groups excluding carboxylic acids is 2. The molecule has 5 rings (SSSR count). The smallest absolute Gasteiger partial charge is 0.253 e. The van der Waals surface area contributed by atoms with E-state index < -0.39 is 0 Å². The molecule has 2 aromatic rings. The first-order chi connectivity index (χ1) is 16.6. The quantitative estimate of drug-likeness (QED) is 0.617. The molecule has 1 aliphatic carbocycles. The Bertz CT molecular complexity index is 1030. The first-order valence-electron chi connectivity index (χ1n) is 12.2. The van der Waals surface area contributed by atoms with Crippen LogP contribution in [0.1, 0.15) is 55.3 Å². The molecule has 0 radical (unpaired) electrons. The SMILES string of the molecule is CN1C(=O)CCN(C2CCCC2)c2nc(Nc3ccc(C(=O)NC4CCNCC4)cn3)ncc21. The maximum atomic E-state index is 12.5. The average Bonchev–Trinajstić information content (AvgIpc) is 3.36. The third kappa shape index (κ3) is 4.82. The maximum absolute atomic E-state index is 12.5. The number of amides is 2. The molecule has 0 aromatic carbocycles. The minimum Gasteiger partial charge on any atom is -0.351 e. The van der Waals surface area contributed by atoms with Gasteiger partial charge in [-0.05, 0) is 50.9 Å². The lowest BCUT2D eigenvalue weighted by Gasteiger charge is -2.30. The molecule has 0 spiro atoms. The fourth-order valence-corrected chi connectivity index (χ4v) is 5.02. The fraction of sp³-hybridized carbons (Fsp3) is 0.542. The van der Waals surface area contributed by atoms with E-state index in [0.717, 1.165) is 50.3 Å². The number of carbonyl (C=O) groups is 2. The van der Waals surface area contributed by atoms with Crippen molar-refractivity contribution in [3.63, 3.8) is 0 Å². The molecule has 10 heteroatoms. The minimum absolute atomic E-state index is 0.0751. The van der Waals surface area contributed by atoms with Crippen LogP contribution in [0.3, 0.4) is 0 Å². The highest BCUT2D eigenvalue weighted by Crippen LogP contribution is 2.36. The fourth-order valence-electron chi connectivity index (χ4n) is 5.02. The van der Waals surface area contributed by atoms with Crippen LogP contribution in [0.5, 0.6) is 0 Å². The van der Waals surface area contributed by atoms with Gasteiger partial charge in [0.25, 0.3) is 5.91 Å². The van der Waals surface area contributed by atoms with Crippen LogP contribution in [0.4, 0.5) is 23.3 Å². The van der Waals surface area contributed by atoms with Gasteiger partial charge >= 0.3 is 0 Å². The van der Waals surface area contributed by atoms with Gasteiger partial charge in [0.15, 0.2) is 5.82 Å². The van der Waals surface area contributed by atoms with Gasteiger partial charge in [-0.15, -0.1) is 0 Å². The molecule has 34 heavy (non-hydrogen) atoms. The van der Waals surface area contributed by atoms with Crippen molar-refractivity contribution < 1.29 is 9.59 Å². The molecular weight excluding hydrogens is 432 g/mol. The van der Waals surface area contributed by atoms with Crippen molar-refractivity contribution in [2.24, 2.45) is 0 Å². The zero-order valence-corrected chi connectivity index (χ0v) is 19.6. The minimum atomic E-state index is -0.104. The molecule has 1 saturated heterocycles. The molecule has 3 N–H and O–H groups in total. The first-order valence-corrected chi connectivity index (χ1v) is 12.2. The second-order valence-electron chi connectivity index (χ2n) is 9.29. The van der Waals surface area contributed by atoms with Crippen LogP contribution in [0.25, 0.3) is 0 Å². The van der Waals surface area contributed by atoms with Gasteiger partial charge in [0.2, 0.25) is 11.9 Å². The normalized spacial score (nSPS) is 19.6. The monoisotopic (exact) mass is 464 g/mol. The van der Waals surface area contributed by atoms with Crippen molar-refractivity contribution in [1.82, 2.24) is 25.6 Å². The van der Waals surface area contributed by atoms with Crippen LogP contribution in [-0.4, -0.2) is 65.5 Å². The highest BCUT2D eigenvalue weighted by atomic mass is 16.2. The lowest BCUT2D eigenvalue weighted by Crippen LogP contribution is -2.42. The molecule has 2 fully saturated rings. The maximum Gasteiger partial charge on any atom is 0.253 e. The van der Waals surface area contributed by atoms with E-state index in [4.69, 9.17) is 4.98 Å². The number of piperidine rings is 1. The van der Waals surface area contributed by atoms with E-state index >= 15 is 0 Å². The molecule has 0 atom stereocenters. The number of rotatable bonds is 5. The van der Waals surface area contributed by atoms with Crippen molar-refractivity contribution in [2.45, 2.75) is 57.0 Å². The van der Waals surface area contributed by atoms with Crippen LogP contribution in [0.15, 0.2) is 24.5 Å². The molecule has 2 amide bonds. The molecule has 3 aliphatic rings. The molecule has 10 nitrogen and oxygen atoms in total. The molecule has 180 valence electrons. The Hall–Kier alpha value is -3.27. The Morgan fingerprint density at radius 3 is 2.62 bits per heavy atom. The van der Waals surface area contributed by atoms with Crippen LogP contribution in [-0.2, 0) is 4.79 Å². The first kappa shape index (κ1) is 22.5. The standard InChI is InChI=1S/C24H32N8O2/c1-31-19-15-27-24(30-22(19)32(13-10-21(31)33)18-4-2-3-5-18)29-20-7-6-16(14-26-20)23(34)28-17-8-11-25-12-9-17/h6-7,14-15,17-18,25H,2-5,8-13H2,1H3,(H,28,34)(H,26,27,29,30). The number of aromatic nitrogens is 3. The van der Waals surface area contributed by atoms with Crippen LogP contribution in [0, 0.1) is 0 Å². The summed E-state index contributed by atoms with van der Waals surface area (Å²) < 4.78 is 0. The summed E-state index contributed by atoms with van der Waals surface area (Å²) >= 11 is 0. The second kappa shape index (κ2) is 9.92. The summed E-state index contributed by atoms with van der Waals surface area (Å²) in [5, 5.41) is 9.54. The van der Waals surface area contributed by atoms with Crippen molar-refractivity contribution in [3.05, 3.63) is 30.1 Å². The van der Waals surface area contributed by atoms with Crippen LogP contribution >= 0.6 is 0 Å². The van der Waals surface area contributed by atoms with Gasteiger partial charge in [-0.25, -0.2) is 9.97 Å². The highest BCUT2D eigenvalue weighted by molar-refractivity contribution is 5.97. The Labute approximate surface area is 199 Å². The van der Waals surface area contributed by atoms with Crippen LogP contribution in [0.2, 0.25) is 0 Å². The molecule has 2 aromatic heterocycles. The van der Waals surface area contributed by atoms with Gasteiger partial charge in [-0.1, -0.05) is 12.8 Å². The average molecular weight is 465 g/mol. The molecule has 4 heterocycles. The van der Waals surface area contributed by atoms with E-state index in [2.05, 4.69) is 30.8 Å². The van der Waals surface area contributed by atoms with Gasteiger partial charge in [-0.2, -0.15) is 4.98 Å². The summed E-state index contributed by atoms with van der Waals surface area (Å²) in [6.45, 7) is 2.51. The third-order valence-electron chi connectivity index (χ3n) is 7.03. The summed E-state index contributed by atoms with van der Waals surface area (Å²) in [6.07, 6.45) is 10.3. The zero-order valence-electron chi connectivity index (χ0n) is 19.6. The number of nitrogens with one attached hydrogen (secondary N) is 3. The Morgan fingerprint density at radius 1 is 1.09 bits per heavy atom. The molecule has 0 unspecified atom stereocenters. The summed E-state index contributed by atoms with van der Waals surface area (Å²) in [5.41, 5.74) is 1.26. The summed E-state index contributed by atoms with van der Waals surface area (Å²) in [7, 11) is 1.78. The molecule has 1 saturated carbocycles. The van der Waals surface area contributed by atoms with E-state index in [1.807, 2.05) is 0 Å². The van der Waals surface area contributed by atoms with Crippen molar-refractivity contribution in [2.75, 3.05) is 41.8 Å². The lowest BCUT2D eigenvalue weighted by molar-refractivity contribution is -0.118. The highest BCUT2D eigenvalue weighted by Gasteiger charge is 2.31. The number of hydrogen-bond acceptors (Lipinski definition) is 8. The van der Waals surface area contributed by atoms with Gasteiger partial charge in [0.1, 0.15) is 11.5 Å². The zero-order chi connectivity index (χ0) is 23.5. The van der Waals surface area contributed by atoms with Gasteiger partial charge < -0.3 is 25.8 Å². The van der Waals surface area contributed by atoms with Crippen molar-refractivity contribution in [1.29, 1.82) is 0 Å². The number of hydrogen-bond donors (Lipinski definition) is 3. The van der Waals surface area contributed by atoms with Gasteiger partial charge in [0, 0.05) is 38.3 Å². The Morgan fingerprint density at radius 2 is 1.88 bits per heavy atom. The topological polar surface area (TPSA) is 115 Å². The van der Waals surface area contributed by atoms with E-state index in [9.17, 15) is 9.59 Å². The Balaban J connectivity index is 1.31. The second-order valence-corrected chi connectivity index (χ2v) is 9.29. The number of pyridine rings is 1. The van der Waals surface area contributed by atoms with Gasteiger partial charge in [-0.3, -0.25) is 9.59 Å². The summed E-state index contributed by atoms with van der Waals surface area (Å²) in [4.78, 5) is 42.6. The summed E-state index contributed by atoms with van der Waals surface area (Å²) in [6, 6.07) is 4.12. The van der Waals surface area contributed by atoms with E-state index in [-0.39, 0.29) is 17.9 Å². The number of nitrogens with zero attached hydrogens (tertiary/aromatic N) is 5. The predicted octanol–water partition coefficient (Wildman–Crippen LogP) is 2.21. The third-order valence-corrected chi connectivity index (χ3v) is 7.03. The summed E-state index contributed by atoms with van der Waals surface area (Å²) in [5.74, 6) is 1.74. The van der Waals surface area contributed by atoms with E-state index in [1.54, 1.807) is 36.5 Å². The molecule has 0 bridgehead atoms. The van der Waals surface area contributed by atoms with Crippen LogP contribution < -0.4 is 25.8 Å².